The lowest BCUT2D eigenvalue weighted by Crippen LogP contribution is -2.38. The van der Waals surface area contributed by atoms with Crippen molar-refractivity contribution in [3.63, 3.8) is 0 Å². The first-order valence-corrected chi connectivity index (χ1v) is 8.27. The van der Waals surface area contributed by atoms with E-state index in [4.69, 9.17) is 10.5 Å². The summed E-state index contributed by atoms with van der Waals surface area (Å²) in [4.78, 5) is 19.2. The average molecular weight is 360 g/mol. The molecule has 0 bridgehead atoms. The van der Waals surface area contributed by atoms with Crippen molar-refractivity contribution in [2.24, 2.45) is 0 Å². The highest BCUT2D eigenvalue weighted by atomic mass is 16.6. The van der Waals surface area contributed by atoms with Gasteiger partial charge < -0.3 is 31.0 Å². The molecule has 4 unspecified atom stereocenters. The van der Waals surface area contributed by atoms with Crippen molar-refractivity contribution in [1.29, 1.82) is 0 Å². The lowest BCUT2D eigenvalue weighted by molar-refractivity contribution is -0.0341. The molecular weight excluding hydrogens is 340 g/mol. The van der Waals surface area contributed by atoms with Crippen LogP contribution in [0.1, 0.15) is 11.9 Å². The summed E-state index contributed by atoms with van der Waals surface area (Å²) in [5.41, 5.74) is 7.68. The zero-order valence-corrected chi connectivity index (χ0v) is 13.9. The Bertz CT molecular complexity index is 867. The number of hydrogen-bond donors (Lipinski definition) is 5. The first kappa shape index (κ1) is 16.8. The minimum Gasteiger partial charge on any atom is -0.387 e. The Labute approximate surface area is 148 Å². The predicted molar refractivity (Wildman–Crippen MR) is 90.8 cm³/mol. The van der Waals surface area contributed by atoms with Gasteiger partial charge in [-0.25, -0.2) is 19.9 Å². The first-order valence-electron chi connectivity index (χ1n) is 8.27. The van der Waals surface area contributed by atoms with E-state index in [-0.39, 0.29) is 5.82 Å². The van der Waals surface area contributed by atoms with E-state index in [1.54, 1.807) is 17.1 Å². The fraction of sp³-hybridized carbons (Fsp3) is 0.467. The fourth-order valence-corrected chi connectivity index (χ4v) is 3.07. The van der Waals surface area contributed by atoms with Gasteiger partial charge in [0.15, 0.2) is 17.7 Å². The number of aromatic amines is 1. The maximum atomic E-state index is 10.4. The molecule has 11 heteroatoms. The maximum absolute atomic E-state index is 10.4. The summed E-state index contributed by atoms with van der Waals surface area (Å²) in [6.45, 7) is 1.08. The Morgan fingerprint density at radius 2 is 2.15 bits per heavy atom. The van der Waals surface area contributed by atoms with Gasteiger partial charge in [0.25, 0.3) is 0 Å². The van der Waals surface area contributed by atoms with Gasteiger partial charge >= 0.3 is 0 Å². The van der Waals surface area contributed by atoms with Crippen LogP contribution in [0.15, 0.2) is 25.2 Å². The molecule has 3 aromatic rings. The number of H-pyrrole nitrogens is 1. The third-order valence-corrected chi connectivity index (χ3v) is 4.47. The number of nitrogens with one attached hydrogen (secondary N) is 2. The molecule has 4 atom stereocenters. The molecule has 0 amide bonds. The molecule has 1 aliphatic rings. The summed E-state index contributed by atoms with van der Waals surface area (Å²) < 4.78 is 7.42. The molecule has 1 saturated heterocycles. The van der Waals surface area contributed by atoms with Gasteiger partial charge in [-0.15, -0.1) is 0 Å². The van der Waals surface area contributed by atoms with E-state index < -0.39 is 24.5 Å². The largest absolute Gasteiger partial charge is 0.387 e. The highest BCUT2D eigenvalue weighted by molar-refractivity contribution is 5.81. The van der Waals surface area contributed by atoms with E-state index in [1.807, 2.05) is 0 Å². The van der Waals surface area contributed by atoms with Crippen molar-refractivity contribution in [3.05, 3.63) is 30.9 Å². The molecule has 0 aliphatic carbocycles. The van der Waals surface area contributed by atoms with Crippen LogP contribution in [0.5, 0.6) is 0 Å². The van der Waals surface area contributed by atoms with Crippen LogP contribution in [0.3, 0.4) is 0 Å². The molecule has 11 nitrogen and oxygen atoms in total. The minimum atomic E-state index is -1.11. The molecule has 0 radical (unpaired) electrons. The van der Waals surface area contributed by atoms with Crippen LogP contribution in [0, 0.1) is 0 Å². The number of aliphatic hydroxyl groups is 2. The lowest BCUT2D eigenvalue weighted by atomic mass is 10.1. The van der Waals surface area contributed by atoms with Gasteiger partial charge in [-0.05, 0) is 0 Å². The van der Waals surface area contributed by atoms with E-state index in [0.29, 0.717) is 24.3 Å². The number of fused-ring (bicyclic) bond motifs is 1. The number of nitrogens with two attached hydrogens (primary N) is 1. The molecule has 1 fully saturated rings. The van der Waals surface area contributed by atoms with Gasteiger partial charge in [0.1, 0.15) is 30.2 Å². The van der Waals surface area contributed by atoms with Crippen LogP contribution in [0.4, 0.5) is 5.82 Å². The zero-order valence-electron chi connectivity index (χ0n) is 13.9. The second-order valence-corrected chi connectivity index (χ2v) is 6.16. The zero-order chi connectivity index (χ0) is 18.1. The number of nitrogen functional groups attached to an aromatic ring is 1. The van der Waals surface area contributed by atoms with Crippen LogP contribution in [-0.4, -0.2) is 71.1 Å². The molecular formula is C15H20N8O3. The second kappa shape index (κ2) is 6.96. The summed E-state index contributed by atoms with van der Waals surface area (Å²) in [6, 6.07) is 0. The highest BCUT2D eigenvalue weighted by Crippen LogP contribution is 2.31. The van der Waals surface area contributed by atoms with Crippen molar-refractivity contribution in [2.45, 2.75) is 31.0 Å². The molecule has 1 aliphatic heterocycles. The Kier molecular flexibility index (Phi) is 4.51. The van der Waals surface area contributed by atoms with Crippen molar-refractivity contribution in [1.82, 2.24) is 34.8 Å². The van der Waals surface area contributed by atoms with Crippen LogP contribution >= 0.6 is 0 Å². The van der Waals surface area contributed by atoms with E-state index in [1.165, 1.54) is 12.7 Å². The highest BCUT2D eigenvalue weighted by Gasteiger charge is 2.44. The summed E-state index contributed by atoms with van der Waals surface area (Å²) in [5, 5.41) is 23.9. The van der Waals surface area contributed by atoms with Crippen molar-refractivity contribution < 1.29 is 14.9 Å². The smallest absolute Gasteiger partial charge is 0.167 e. The van der Waals surface area contributed by atoms with Crippen molar-refractivity contribution in [3.8, 4) is 0 Å². The molecule has 6 N–H and O–H groups in total. The molecule has 4 rings (SSSR count). The SMILES string of the molecule is Nc1ncnc2c1ncn2C1OC(CNCCc2cnc[nH]2)C(O)C1O. The minimum absolute atomic E-state index is 0.249. The Morgan fingerprint density at radius 3 is 2.96 bits per heavy atom. The van der Waals surface area contributed by atoms with E-state index in [0.717, 1.165) is 12.1 Å². The summed E-state index contributed by atoms with van der Waals surface area (Å²) in [7, 11) is 0. The second-order valence-electron chi connectivity index (χ2n) is 6.16. The van der Waals surface area contributed by atoms with Crippen LogP contribution < -0.4 is 11.1 Å². The summed E-state index contributed by atoms with van der Waals surface area (Å²) in [5.74, 6) is 0.249. The maximum Gasteiger partial charge on any atom is 0.167 e. The predicted octanol–water partition coefficient (Wildman–Crippen LogP) is -1.42. The standard InChI is InChI=1S/C15H20N8O3/c16-13-10-14(21-6-20-13)23(7-22-10)15-12(25)11(24)9(26-15)4-17-2-1-8-3-18-5-19-8/h3,5-7,9,11-12,15,17,24-25H,1-2,4H2,(H,18,19)(H2,16,20,21). The molecule has 138 valence electrons. The Balaban J connectivity index is 1.41. The molecule has 3 aromatic heterocycles. The topological polar surface area (TPSA) is 160 Å². The summed E-state index contributed by atoms with van der Waals surface area (Å²) in [6.07, 6.45) is 3.46. The first-order chi connectivity index (χ1) is 12.6. The quantitative estimate of drug-likeness (QED) is 0.332. The molecule has 0 spiro atoms. The van der Waals surface area contributed by atoms with E-state index >= 15 is 0 Å². The van der Waals surface area contributed by atoms with Gasteiger partial charge in [0, 0.05) is 31.4 Å². The third kappa shape index (κ3) is 3.01. The Hall–Kier alpha value is -2.60. The molecule has 0 saturated carbocycles. The number of aliphatic hydroxyl groups excluding tert-OH is 2. The van der Waals surface area contributed by atoms with Gasteiger partial charge in [-0.2, -0.15) is 0 Å². The number of ether oxygens (including phenoxy) is 1. The third-order valence-electron chi connectivity index (χ3n) is 4.47. The number of hydrogen-bond acceptors (Lipinski definition) is 9. The molecule has 26 heavy (non-hydrogen) atoms. The monoisotopic (exact) mass is 360 g/mol. The number of nitrogens with zero attached hydrogens (tertiary/aromatic N) is 5. The van der Waals surface area contributed by atoms with Crippen LogP contribution in [0.2, 0.25) is 0 Å². The van der Waals surface area contributed by atoms with Gasteiger partial charge in [0.2, 0.25) is 0 Å². The normalized spacial score (nSPS) is 25.9. The summed E-state index contributed by atoms with van der Waals surface area (Å²) >= 11 is 0. The van der Waals surface area contributed by atoms with Crippen molar-refractivity contribution >= 4 is 17.0 Å². The number of aromatic nitrogens is 6. The van der Waals surface area contributed by atoms with E-state index in [9.17, 15) is 10.2 Å². The molecule has 4 heterocycles. The number of imidazole rings is 2. The fourth-order valence-electron chi connectivity index (χ4n) is 3.07. The Morgan fingerprint density at radius 1 is 1.27 bits per heavy atom. The van der Waals surface area contributed by atoms with Crippen LogP contribution in [0.25, 0.3) is 11.2 Å². The number of rotatable bonds is 6. The van der Waals surface area contributed by atoms with Gasteiger partial charge in [0.05, 0.1) is 12.7 Å². The van der Waals surface area contributed by atoms with E-state index in [2.05, 4.69) is 30.2 Å². The number of anilines is 1. The van der Waals surface area contributed by atoms with Gasteiger partial charge in [-0.3, -0.25) is 4.57 Å². The average Bonchev–Trinajstić information content (AvgIpc) is 3.35. The molecule has 0 aromatic carbocycles. The lowest BCUT2D eigenvalue weighted by Gasteiger charge is -2.16. The van der Waals surface area contributed by atoms with Crippen LogP contribution in [-0.2, 0) is 11.2 Å². The van der Waals surface area contributed by atoms with Gasteiger partial charge in [-0.1, -0.05) is 0 Å². The van der Waals surface area contributed by atoms with Crippen molar-refractivity contribution in [2.75, 3.05) is 18.8 Å².